The molecule has 0 amide bonds. The predicted molar refractivity (Wildman–Crippen MR) is 76.0 cm³/mol. The third-order valence-corrected chi connectivity index (χ3v) is 4.00. The maximum Gasteiger partial charge on any atom is 0.0424 e. The van der Waals surface area contributed by atoms with Crippen LogP contribution in [0.4, 0.5) is 0 Å². The summed E-state index contributed by atoms with van der Waals surface area (Å²) in [5.74, 6) is 0. The summed E-state index contributed by atoms with van der Waals surface area (Å²) >= 11 is 13.7. The van der Waals surface area contributed by atoms with Gasteiger partial charge in [-0.1, -0.05) is 29.3 Å². The second kappa shape index (κ2) is 5.87. The highest BCUT2D eigenvalue weighted by molar-refractivity contribution is 7.10. The van der Waals surface area contributed by atoms with Gasteiger partial charge >= 0.3 is 0 Å². The summed E-state index contributed by atoms with van der Waals surface area (Å²) in [6.45, 7) is 2.91. The third-order valence-electron chi connectivity index (χ3n) is 2.50. The molecular formula is C13H13Cl2NS. The molecule has 0 aliphatic rings. The van der Waals surface area contributed by atoms with Gasteiger partial charge < -0.3 is 5.32 Å². The lowest BCUT2D eigenvalue weighted by atomic mass is 10.2. The number of hydrogen-bond donors (Lipinski definition) is 1. The summed E-state index contributed by atoms with van der Waals surface area (Å²) in [6.07, 6.45) is 0. The van der Waals surface area contributed by atoms with Crippen LogP contribution in [0, 0.1) is 0 Å². The molecule has 1 heterocycles. The Balaban J connectivity index is 1.98. The Kier molecular flexibility index (Phi) is 4.46. The molecule has 17 heavy (non-hydrogen) atoms. The molecule has 2 rings (SSSR count). The van der Waals surface area contributed by atoms with E-state index in [0.717, 1.165) is 12.1 Å². The maximum absolute atomic E-state index is 5.95. The van der Waals surface area contributed by atoms with Crippen molar-refractivity contribution in [1.82, 2.24) is 5.32 Å². The van der Waals surface area contributed by atoms with Crippen molar-refractivity contribution in [3.63, 3.8) is 0 Å². The van der Waals surface area contributed by atoms with Crippen LogP contribution in [0.1, 0.15) is 23.4 Å². The molecule has 90 valence electrons. The summed E-state index contributed by atoms with van der Waals surface area (Å²) in [5, 5.41) is 6.89. The van der Waals surface area contributed by atoms with Crippen LogP contribution in [0.15, 0.2) is 35.7 Å². The Morgan fingerprint density at radius 1 is 1.24 bits per heavy atom. The molecule has 1 atom stereocenters. The number of halogens is 2. The number of hydrogen-bond acceptors (Lipinski definition) is 2. The zero-order chi connectivity index (χ0) is 12.3. The predicted octanol–water partition coefficient (Wildman–Crippen LogP) is 4.91. The van der Waals surface area contributed by atoms with Crippen molar-refractivity contribution in [3.8, 4) is 0 Å². The summed E-state index contributed by atoms with van der Waals surface area (Å²) in [6, 6.07) is 10.1. The van der Waals surface area contributed by atoms with E-state index in [-0.39, 0.29) is 0 Å². The highest BCUT2D eigenvalue weighted by Crippen LogP contribution is 2.21. The molecule has 1 N–H and O–H groups in total. The molecular weight excluding hydrogens is 273 g/mol. The summed E-state index contributed by atoms with van der Waals surface area (Å²) in [7, 11) is 0. The van der Waals surface area contributed by atoms with Crippen molar-refractivity contribution in [3.05, 3.63) is 56.2 Å². The van der Waals surface area contributed by atoms with Gasteiger partial charge in [-0.2, -0.15) is 0 Å². The van der Waals surface area contributed by atoms with Gasteiger partial charge in [-0.05, 0) is 42.1 Å². The maximum atomic E-state index is 5.95. The summed E-state index contributed by atoms with van der Waals surface area (Å²) in [4.78, 5) is 1.33. The summed E-state index contributed by atoms with van der Waals surface area (Å²) in [5.41, 5.74) is 1.10. The Morgan fingerprint density at radius 3 is 2.53 bits per heavy atom. The fraction of sp³-hybridized carbons (Fsp3) is 0.231. The lowest BCUT2D eigenvalue weighted by Crippen LogP contribution is -2.17. The Hall–Kier alpha value is -0.540. The summed E-state index contributed by atoms with van der Waals surface area (Å²) < 4.78 is 0. The van der Waals surface area contributed by atoms with E-state index in [1.807, 2.05) is 12.1 Å². The molecule has 2 aromatic rings. The van der Waals surface area contributed by atoms with Crippen LogP contribution < -0.4 is 5.32 Å². The van der Waals surface area contributed by atoms with Gasteiger partial charge in [0.25, 0.3) is 0 Å². The minimum atomic E-state index is 0.341. The topological polar surface area (TPSA) is 12.0 Å². The molecule has 0 saturated heterocycles. The van der Waals surface area contributed by atoms with Crippen molar-refractivity contribution in [1.29, 1.82) is 0 Å². The highest BCUT2D eigenvalue weighted by Gasteiger charge is 2.06. The minimum absolute atomic E-state index is 0.341. The van der Waals surface area contributed by atoms with Gasteiger partial charge in [-0.15, -0.1) is 11.3 Å². The van der Waals surface area contributed by atoms with E-state index >= 15 is 0 Å². The average molecular weight is 286 g/mol. The number of thiophene rings is 1. The van der Waals surface area contributed by atoms with E-state index < -0.39 is 0 Å². The van der Waals surface area contributed by atoms with Crippen molar-refractivity contribution in [2.24, 2.45) is 0 Å². The first-order valence-electron chi connectivity index (χ1n) is 5.37. The van der Waals surface area contributed by atoms with Crippen molar-refractivity contribution >= 4 is 34.5 Å². The van der Waals surface area contributed by atoms with Crippen LogP contribution in [0.5, 0.6) is 0 Å². The van der Waals surface area contributed by atoms with Crippen LogP contribution in [-0.2, 0) is 6.54 Å². The van der Waals surface area contributed by atoms with Gasteiger partial charge in [0.1, 0.15) is 0 Å². The normalized spacial score (nSPS) is 12.6. The lowest BCUT2D eigenvalue weighted by Gasteiger charge is -2.12. The Labute approximate surface area is 115 Å². The van der Waals surface area contributed by atoms with Crippen LogP contribution >= 0.6 is 34.5 Å². The van der Waals surface area contributed by atoms with E-state index in [4.69, 9.17) is 23.2 Å². The molecule has 1 nitrogen and oxygen atoms in total. The second-order valence-corrected chi connectivity index (χ2v) is 5.75. The smallest absolute Gasteiger partial charge is 0.0424 e. The third kappa shape index (κ3) is 3.71. The van der Waals surface area contributed by atoms with Crippen molar-refractivity contribution < 1.29 is 0 Å². The lowest BCUT2D eigenvalue weighted by molar-refractivity contribution is 0.583. The molecule has 0 bridgehead atoms. The molecule has 0 fully saturated rings. The largest absolute Gasteiger partial charge is 0.305 e. The molecule has 0 aliphatic heterocycles. The first-order valence-corrected chi connectivity index (χ1v) is 7.00. The minimum Gasteiger partial charge on any atom is -0.305 e. The van der Waals surface area contributed by atoms with Crippen LogP contribution in [0.2, 0.25) is 10.0 Å². The van der Waals surface area contributed by atoms with Crippen LogP contribution in [0.25, 0.3) is 0 Å². The van der Waals surface area contributed by atoms with E-state index in [1.54, 1.807) is 17.4 Å². The van der Waals surface area contributed by atoms with E-state index in [2.05, 4.69) is 29.8 Å². The van der Waals surface area contributed by atoms with E-state index in [1.165, 1.54) is 4.88 Å². The second-order valence-electron chi connectivity index (χ2n) is 3.90. The molecule has 1 aromatic carbocycles. The molecule has 1 aromatic heterocycles. The zero-order valence-corrected chi connectivity index (χ0v) is 11.7. The van der Waals surface area contributed by atoms with Gasteiger partial charge in [0.05, 0.1) is 0 Å². The molecule has 4 heteroatoms. The SMILES string of the molecule is CC(NCc1cc(Cl)cc(Cl)c1)c1cccs1. The van der Waals surface area contributed by atoms with Gasteiger partial charge in [0.2, 0.25) is 0 Å². The van der Waals surface area contributed by atoms with Crippen LogP contribution in [0.3, 0.4) is 0 Å². The number of nitrogens with one attached hydrogen (secondary N) is 1. The molecule has 0 spiro atoms. The van der Waals surface area contributed by atoms with Crippen molar-refractivity contribution in [2.45, 2.75) is 19.5 Å². The van der Waals surface area contributed by atoms with Crippen molar-refractivity contribution in [2.75, 3.05) is 0 Å². The molecule has 0 aliphatic carbocycles. The van der Waals surface area contributed by atoms with Gasteiger partial charge in [-0.3, -0.25) is 0 Å². The first-order chi connectivity index (χ1) is 8.15. The van der Waals surface area contributed by atoms with E-state index in [0.29, 0.717) is 16.1 Å². The number of benzene rings is 1. The molecule has 1 unspecified atom stereocenters. The zero-order valence-electron chi connectivity index (χ0n) is 9.41. The standard InChI is InChI=1S/C13H13Cl2NS/c1-9(13-3-2-4-17-13)16-8-10-5-11(14)7-12(15)6-10/h2-7,9,16H,8H2,1H3. The average Bonchev–Trinajstić information content (AvgIpc) is 2.78. The Bertz CT molecular complexity index is 462. The Morgan fingerprint density at radius 2 is 1.94 bits per heavy atom. The quantitative estimate of drug-likeness (QED) is 0.842. The number of rotatable bonds is 4. The van der Waals surface area contributed by atoms with Gasteiger partial charge in [-0.25, -0.2) is 0 Å². The highest BCUT2D eigenvalue weighted by atomic mass is 35.5. The van der Waals surface area contributed by atoms with Gasteiger partial charge in [0, 0.05) is 27.5 Å². The first kappa shape index (κ1) is 12.9. The van der Waals surface area contributed by atoms with Crippen LogP contribution in [-0.4, -0.2) is 0 Å². The van der Waals surface area contributed by atoms with Gasteiger partial charge in [0.15, 0.2) is 0 Å². The molecule has 0 radical (unpaired) electrons. The fourth-order valence-electron chi connectivity index (χ4n) is 1.62. The fourth-order valence-corrected chi connectivity index (χ4v) is 2.95. The molecule has 0 saturated carbocycles. The van der Waals surface area contributed by atoms with E-state index in [9.17, 15) is 0 Å². The monoisotopic (exact) mass is 285 g/mol.